The summed E-state index contributed by atoms with van der Waals surface area (Å²) < 4.78 is 34.8. The van der Waals surface area contributed by atoms with E-state index >= 15 is 4.39 Å². The van der Waals surface area contributed by atoms with Gasteiger partial charge in [-0.25, -0.2) is 8.78 Å². The molecule has 0 spiro atoms. The molecule has 4 N–H and O–H groups in total. The standard InChI is InChI=1S/C25H24ClF2N3O4/c1-35-23-17(16-5-3-2-4-14(16)13-32)7-9-21(22(23)28)31-11-10-20(24(31)33)30-25(34)29-19-8-6-15(26)12-18(19)27/h2-9,12,20,25,29-30,32,34H,10-11,13H2,1H3/t20-,25?/m1/s1. The number of carbonyl (C=O) groups is 1. The molecule has 1 heterocycles. The third-order valence-corrected chi connectivity index (χ3v) is 6.07. The Hall–Kier alpha value is -3.24. The minimum atomic E-state index is -1.43. The fourth-order valence-electron chi connectivity index (χ4n) is 4.15. The summed E-state index contributed by atoms with van der Waals surface area (Å²) in [5, 5.41) is 25.4. The first kappa shape index (κ1) is 24.9. The van der Waals surface area contributed by atoms with Crippen LogP contribution in [0.25, 0.3) is 11.1 Å². The van der Waals surface area contributed by atoms with Crippen LogP contribution in [-0.4, -0.2) is 42.2 Å². The van der Waals surface area contributed by atoms with Gasteiger partial charge in [0.1, 0.15) is 5.82 Å². The van der Waals surface area contributed by atoms with E-state index in [0.717, 1.165) is 6.07 Å². The molecule has 3 aromatic carbocycles. The van der Waals surface area contributed by atoms with E-state index in [1.807, 2.05) is 0 Å². The van der Waals surface area contributed by atoms with Crippen LogP contribution in [0.3, 0.4) is 0 Å². The summed E-state index contributed by atoms with van der Waals surface area (Å²) in [6, 6.07) is 13.2. The fourth-order valence-corrected chi connectivity index (χ4v) is 4.31. The van der Waals surface area contributed by atoms with Crippen LogP contribution in [0, 0.1) is 11.6 Å². The highest BCUT2D eigenvalue weighted by atomic mass is 35.5. The Morgan fingerprint density at radius 1 is 1.17 bits per heavy atom. The van der Waals surface area contributed by atoms with Crippen LogP contribution in [0.5, 0.6) is 5.75 Å². The molecule has 0 saturated carbocycles. The molecule has 0 aliphatic carbocycles. The van der Waals surface area contributed by atoms with E-state index in [1.165, 1.54) is 30.2 Å². The first-order chi connectivity index (χ1) is 16.8. The Morgan fingerprint density at radius 2 is 1.94 bits per heavy atom. The normalized spacial score (nSPS) is 16.5. The van der Waals surface area contributed by atoms with Crippen molar-refractivity contribution in [3.8, 4) is 16.9 Å². The predicted octanol–water partition coefficient (Wildman–Crippen LogP) is 3.87. The van der Waals surface area contributed by atoms with Gasteiger partial charge in [0.2, 0.25) is 5.91 Å². The maximum Gasteiger partial charge on any atom is 0.244 e. The molecule has 1 saturated heterocycles. The second kappa shape index (κ2) is 10.6. The first-order valence-electron chi connectivity index (χ1n) is 10.9. The van der Waals surface area contributed by atoms with Crippen LogP contribution in [-0.2, 0) is 11.4 Å². The van der Waals surface area contributed by atoms with Crippen molar-refractivity contribution in [3.05, 3.63) is 76.8 Å². The number of halogens is 3. The number of benzene rings is 3. The number of ether oxygens (including phenoxy) is 1. The van der Waals surface area contributed by atoms with Gasteiger partial charge in [-0.15, -0.1) is 0 Å². The van der Waals surface area contributed by atoms with Crippen molar-refractivity contribution in [2.75, 3.05) is 23.9 Å². The summed E-state index contributed by atoms with van der Waals surface area (Å²) in [6.07, 6.45) is -1.14. The average molecular weight is 504 g/mol. The lowest BCUT2D eigenvalue weighted by molar-refractivity contribution is -0.119. The van der Waals surface area contributed by atoms with E-state index in [2.05, 4.69) is 10.6 Å². The van der Waals surface area contributed by atoms with Crippen molar-refractivity contribution in [2.24, 2.45) is 0 Å². The Bertz CT molecular complexity index is 1240. The maximum absolute atomic E-state index is 15.5. The highest BCUT2D eigenvalue weighted by Crippen LogP contribution is 2.39. The minimum Gasteiger partial charge on any atom is -0.493 e. The SMILES string of the molecule is COc1c(-c2ccccc2CO)ccc(N2CC[C@@H](NC(O)Nc3ccc(Cl)cc3F)C2=O)c1F. The molecule has 1 aliphatic rings. The summed E-state index contributed by atoms with van der Waals surface area (Å²) in [4.78, 5) is 14.3. The zero-order valence-corrected chi connectivity index (χ0v) is 19.5. The molecule has 0 bridgehead atoms. The molecule has 1 amide bonds. The highest BCUT2D eigenvalue weighted by Gasteiger charge is 2.36. The van der Waals surface area contributed by atoms with Crippen molar-refractivity contribution in [1.29, 1.82) is 0 Å². The molecule has 1 fully saturated rings. The van der Waals surface area contributed by atoms with Gasteiger partial charge in [0.25, 0.3) is 0 Å². The number of nitrogens with zero attached hydrogens (tertiary/aromatic N) is 1. The van der Waals surface area contributed by atoms with Crippen LogP contribution in [0.1, 0.15) is 12.0 Å². The number of hydrogen-bond acceptors (Lipinski definition) is 6. The van der Waals surface area contributed by atoms with Gasteiger partial charge in [0.15, 0.2) is 17.9 Å². The van der Waals surface area contributed by atoms with Crippen molar-refractivity contribution >= 4 is 28.9 Å². The van der Waals surface area contributed by atoms with Crippen molar-refractivity contribution < 1.29 is 28.5 Å². The lowest BCUT2D eigenvalue weighted by Crippen LogP contribution is -2.47. The Labute approximate surface area is 205 Å². The molecule has 1 aliphatic heterocycles. The van der Waals surface area contributed by atoms with Crippen molar-refractivity contribution in [3.63, 3.8) is 0 Å². The molecule has 1 unspecified atom stereocenters. The fraction of sp³-hybridized carbons (Fsp3) is 0.240. The Morgan fingerprint density at radius 3 is 2.66 bits per heavy atom. The molecule has 10 heteroatoms. The summed E-state index contributed by atoms with van der Waals surface area (Å²) in [7, 11) is 1.33. The van der Waals surface area contributed by atoms with Crippen molar-refractivity contribution in [2.45, 2.75) is 25.4 Å². The van der Waals surface area contributed by atoms with Gasteiger partial charge in [-0.05, 0) is 47.9 Å². The van der Waals surface area contributed by atoms with Crippen molar-refractivity contribution in [1.82, 2.24) is 5.32 Å². The molecule has 0 radical (unpaired) electrons. The molecule has 0 aromatic heterocycles. The number of hydrogen-bond donors (Lipinski definition) is 4. The summed E-state index contributed by atoms with van der Waals surface area (Å²) >= 11 is 5.73. The molecule has 4 rings (SSSR count). The lowest BCUT2D eigenvalue weighted by atomic mass is 9.98. The number of nitrogens with one attached hydrogen (secondary N) is 2. The number of aliphatic hydroxyl groups is 2. The van der Waals surface area contributed by atoms with E-state index in [4.69, 9.17) is 16.3 Å². The van der Waals surface area contributed by atoms with Gasteiger partial charge >= 0.3 is 0 Å². The monoisotopic (exact) mass is 503 g/mol. The summed E-state index contributed by atoms with van der Waals surface area (Å²) in [6.45, 7) is -0.0257. The quantitative estimate of drug-likeness (QED) is 0.349. The van der Waals surface area contributed by atoms with E-state index in [0.29, 0.717) is 16.7 Å². The highest BCUT2D eigenvalue weighted by molar-refractivity contribution is 6.30. The summed E-state index contributed by atoms with van der Waals surface area (Å²) in [5.74, 6) is -1.87. The predicted molar refractivity (Wildman–Crippen MR) is 129 cm³/mol. The van der Waals surface area contributed by atoms with E-state index < -0.39 is 29.9 Å². The molecular weight excluding hydrogens is 480 g/mol. The summed E-state index contributed by atoms with van der Waals surface area (Å²) in [5.41, 5.74) is 1.72. The lowest BCUT2D eigenvalue weighted by Gasteiger charge is -2.22. The third kappa shape index (κ3) is 5.08. The second-order valence-electron chi connectivity index (χ2n) is 7.96. The van der Waals surface area contributed by atoms with E-state index in [9.17, 15) is 19.4 Å². The molecule has 7 nitrogen and oxygen atoms in total. The zero-order valence-electron chi connectivity index (χ0n) is 18.8. The number of anilines is 2. The second-order valence-corrected chi connectivity index (χ2v) is 8.40. The van der Waals surface area contributed by atoms with Gasteiger partial charge in [0, 0.05) is 17.1 Å². The number of carbonyl (C=O) groups excluding carboxylic acids is 1. The van der Waals surface area contributed by atoms with Crippen LogP contribution in [0.15, 0.2) is 54.6 Å². The zero-order chi connectivity index (χ0) is 25.1. The number of methoxy groups -OCH3 is 1. The molecular formula is C25H24ClF2N3O4. The topological polar surface area (TPSA) is 94.1 Å². The van der Waals surface area contributed by atoms with Gasteiger partial charge in [-0.3, -0.25) is 10.1 Å². The molecule has 3 aromatic rings. The third-order valence-electron chi connectivity index (χ3n) is 5.84. The number of aliphatic hydroxyl groups excluding tert-OH is 2. The smallest absolute Gasteiger partial charge is 0.244 e. The first-order valence-corrected chi connectivity index (χ1v) is 11.2. The van der Waals surface area contributed by atoms with Crippen LogP contribution in [0.4, 0.5) is 20.2 Å². The van der Waals surface area contributed by atoms with E-state index in [-0.39, 0.29) is 41.7 Å². The molecule has 35 heavy (non-hydrogen) atoms. The van der Waals surface area contributed by atoms with Gasteiger partial charge in [0.05, 0.1) is 31.1 Å². The van der Waals surface area contributed by atoms with Crippen LogP contribution in [0.2, 0.25) is 5.02 Å². The van der Waals surface area contributed by atoms with Crippen LogP contribution >= 0.6 is 11.6 Å². The Balaban J connectivity index is 1.52. The molecule has 2 atom stereocenters. The number of amides is 1. The maximum atomic E-state index is 15.5. The minimum absolute atomic E-state index is 0.00577. The average Bonchev–Trinajstić information content (AvgIpc) is 3.20. The van der Waals surface area contributed by atoms with Gasteiger partial charge in [-0.1, -0.05) is 35.9 Å². The largest absolute Gasteiger partial charge is 0.493 e. The van der Waals surface area contributed by atoms with Crippen LogP contribution < -0.4 is 20.3 Å². The number of rotatable bonds is 8. The van der Waals surface area contributed by atoms with E-state index in [1.54, 1.807) is 30.3 Å². The molecule has 184 valence electrons. The Kier molecular flexibility index (Phi) is 7.51. The van der Waals surface area contributed by atoms with Gasteiger partial charge < -0.3 is 25.2 Å². The van der Waals surface area contributed by atoms with Gasteiger partial charge in [-0.2, -0.15) is 0 Å².